The molecule has 0 spiro atoms. The minimum Gasteiger partial charge on any atom is -0.495 e. The summed E-state index contributed by atoms with van der Waals surface area (Å²) < 4.78 is 6.75. The smallest absolute Gasteiger partial charge is 0.270 e. The molecule has 0 aliphatic heterocycles. The van der Waals surface area contributed by atoms with E-state index < -0.39 is 10.5 Å². The number of hydrogen-bond donors (Lipinski definition) is 1. The van der Waals surface area contributed by atoms with E-state index in [1.165, 1.54) is 23.8 Å². The molecule has 0 aliphatic rings. The molecule has 7 heteroatoms. The first kappa shape index (κ1) is 18.2. The highest BCUT2D eigenvalue weighted by atomic mass is 16.6. The molecule has 144 valence electrons. The van der Waals surface area contributed by atoms with E-state index in [2.05, 4.69) is 0 Å². The third-order valence-corrected chi connectivity index (χ3v) is 4.80. The zero-order valence-electron chi connectivity index (χ0n) is 15.5. The quantitative estimate of drug-likeness (QED) is 0.419. The Bertz CT molecular complexity index is 1300. The molecule has 0 aliphatic carbocycles. The molecule has 0 atom stereocenters. The number of anilines is 1. The van der Waals surface area contributed by atoms with E-state index in [0.29, 0.717) is 22.4 Å². The Morgan fingerprint density at radius 1 is 0.966 bits per heavy atom. The third kappa shape index (κ3) is 2.98. The fraction of sp³-hybridized carbons (Fsp3) is 0.0455. The van der Waals surface area contributed by atoms with Crippen molar-refractivity contribution >= 4 is 22.3 Å². The van der Waals surface area contributed by atoms with Crippen LogP contribution < -0.4 is 16.0 Å². The van der Waals surface area contributed by atoms with Crippen LogP contribution in [0, 0.1) is 10.1 Å². The van der Waals surface area contributed by atoms with Crippen molar-refractivity contribution in [3.8, 4) is 22.6 Å². The summed E-state index contributed by atoms with van der Waals surface area (Å²) in [5, 5.41) is 12.0. The zero-order valence-corrected chi connectivity index (χ0v) is 15.5. The minimum atomic E-state index is -0.523. The van der Waals surface area contributed by atoms with E-state index in [1.807, 2.05) is 30.3 Å². The number of nitrogen functional groups attached to an aromatic ring is 1. The molecular weight excluding hydrogens is 370 g/mol. The van der Waals surface area contributed by atoms with E-state index in [1.54, 1.807) is 30.3 Å². The normalized spacial score (nSPS) is 10.8. The number of benzene rings is 3. The van der Waals surface area contributed by atoms with Gasteiger partial charge in [0.2, 0.25) is 0 Å². The van der Waals surface area contributed by atoms with Crippen LogP contribution in [0.25, 0.3) is 27.6 Å². The summed E-state index contributed by atoms with van der Waals surface area (Å²) in [6.45, 7) is 0. The Hall–Kier alpha value is -4.13. The van der Waals surface area contributed by atoms with Gasteiger partial charge in [0.05, 0.1) is 23.1 Å². The first-order chi connectivity index (χ1) is 14.0. The van der Waals surface area contributed by atoms with Gasteiger partial charge in [-0.25, -0.2) is 0 Å². The predicted molar refractivity (Wildman–Crippen MR) is 113 cm³/mol. The highest BCUT2D eigenvalue weighted by Gasteiger charge is 2.21. The highest BCUT2D eigenvalue weighted by molar-refractivity contribution is 6.02. The van der Waals surface area contributed by atoms with Crippen molar-refractivity contribution in [2.45, 2.75) is 0 Å². The Labute approximate surface area is 165 Å². The Balaban J connectivity index is 2.19. The predicted octanol–water partition coefficient (Wildman–Crippen LogP) is 4.16. The minimum absolute atomic E-state index is 0.162. The molecule has 0 fully saturated rings. The standard InChI is InChI=1S/C22H17N3O4/c1-29-19-10-6-5-9-18(19)24-21(23)20(14-7-3-2-4-8-14)16-12-11-15(25(27)28)13-17(16)22(24)26/h2-13H,23H2,1H3. The average molecular weight is 387 g/mol. The number of fused-ring (bicyclic) bond motifs is 1. The number of methoxy groups -OCH3 is 1. The van der Waals surface area contributed by atoms with E-state index in [-0.39, 0.29) is 16.9 Å². The van der Waals surface area contributed by atoms with Crippen LogP contribution in [0.3, 0.4) is 0 Å². The lowest BCUT2D eigenvalue weighted by Crippen LogP contribution is -2.23. The van der Waals surface area contributed by atoms with Gasteiger partial charge >= 0.3 is 0 Å². The number of nitrogens with two attached hydrogens (primary N) is 1. The number of pyridine rings is 1. The number of rotatable bonds is 4. The van der Waals surface area contributed by atoms with Gasteiger partial charge in [0, 0.05) is 17.7 Å². The van der Waals surface area contributed by atoms with Crippen LogP contribution in [-0.4, -0.2) is 16.6 Å². The van der Waals surface area contributed by atoms with Gasteiger partial charge in [-0.2, -0.15) is 0 Å². The fourth-order valence-electron chi connectivity index (χ4n) is 3.48. The summed E-state index contributed by atoms with van der Waals surface area (Å²) in [4.78, 5) is 24.1. The molecule has 3 aromatic carbocycles. The van der Waals surface area contributed by atoms with Crippen LogP contribution in [0.15, 0.2) is 77.6 Å². The van der Waals surface area contributed by atoms with Crippen molar-refractivity contribution < 1.29 is 9.66 Å². The van der Waals surface area contributed by atoms with Crippen molar-refractivity contribution in [1.82, 2.24) is 4.57 Å². The SMILES string of the molecule is COc1ccccc1-n1c(N)c(-c2ccccc2)c2ccc([N+](=O)[O-])cc2c1=O. The van der Waals surface area contributed by atoms with Crippen molar-refractivity contribution in [1.29, 1.82) is 0 Å². The monoisotopic (exact) mass is 387 g/mol. The second-order valence-corrected chi connectivity index (χ2v) is 6.43. The van der Waals surface area contributed by atoms with Crippen molar-refractivity contribution in [3.05, 3.63) is 93.3 Å². The van der Waals surface area contributed by atoms with Crippen LogP contribution in [-0.2, 0) is 0 Å². The maximum absolute atomic E-state index is 13.4. The van der Waals surface area contributed by atoms with Gasteiger partial charge in [-0.3, -0.25) is 19.5 Å². The molecular formula is C22H17N3O4. The number of ether oxygens (including phenoxy) is 1. The lowest BCUT2D eigenvalue weighted by molar-refractivity contribution is -0.384. The average Bonchev–Trinajstić information content (AvgIpc) is 2.74. The number of nitrogens with zero attached hydrogens (tertiary/aromatic N) is 2. The molecule has 2 N–H and O–H groups in total. The molecule has 1 aromatic heterocycles. The first-order valence-corrected chi connectivity index (χ1v) is 8.84. The Morgan fingerprint density at radius 2 is 1.66 bits per heavy atom. The molecule has 0 bridgehead atoms. The molecule has 0 radical (unpaired) electrons. The molecule has 29 heavy (non-hydrogen) atoms. The lowest BCUT2D eigenvalue weighted by atomic mass is 9.98. The molecule has 0 unspecified atom stereocenters. The van der Waals surface area contributed by atoms with Gasteiger partial charge in [0.1, 0.15) is 11.6 Å². The highest BCUT2D eigenvalue weighted by Crippen LogP contribution is 2.36. The number of non-ortho nitro benzene ring substituents is 1. The van der Waals surface area contributed by atoms with Crippen molar-refractivity contribution in [3.63, 3.8) is 0 Å². The van der Waals surface area contributed by atoms with E-state index in [4.69, 9.17) is 10.5 Å². The Morgan fingerprint density at radius 3 is 2.34 bits per heavy atom. The molecule has 0 amide bonds. The van der Waals surface area contributed by atoms with Crippen LogP contribution in [0.1, 0.15) is 0 Å². The van der Waals surface area contributed by atoms with Gasteiger partial charge in [0.15, 0.2) is 0 Å². The van der Waals surface area contributed by atoms with E-state index >= 15 is 0 Å². The summed E-state index contributed by atoms with van der Waals surface area (Å²) >= 11 is 0. The van der Waals surface area contributed by atoms with Gasteiger partial charge in [0.25, 0.3) is 11.2 Å². The molecule has 4 aromatic rings. The third-order valence-electron chi connectivity index (χ3n) is 4.80. The number of nitro benzene ring substituents is 1. The Kier molecular flexibility index (Phi) is 4.48. The zero-order chi connectivity index (χ0) is 20.5. The van der Waals surface area contributed by atoms with E-state index in [0.717, 1.165) is 5.56 Å². The van der Waals surface area contributed by atoms with Crippen molar-refractivity contribution in [2.75, 3.05) is 12.8 Å². The summed E-state index contributed by atoms with van der Waals surface area (Å²) in [5.74, 6) is 0.692. The van der Waals surface area contributed by atoms with Crippen LogP contribution in [0.4, 0.5) is 11.5 Å². The van der Waals surface area contributed by atoms with Crippen molar-refractivity contribution in [2.24, 2.45) is 0 Å². The molecule has 0 saturated heterocycles. The summed E-state index contributed by atoms with van der Waals surface area (Å²) in [6, 6.07) is 20.6. The maximum atomic E-state index is 13.4. The van der Waals surface area contributed by atoms with Gasteiger partial charge in [-0.1, -0.05) is 42.5 Å². The largest absolute Gasteiger partial charge is 0.495 e. The van der Waals surface area contributed by atoms with E-state index in [9.17, 15) is 14.9 Å². The second-order valence-electron chi connectivity index (χ2n) is 6.43. The topological polar surface area (TPSA) is 100 Å². The number of hydrogen-bond acceptors (Lipinski definition) is 5. The fourth-order valence-corrected chi connectivity index (χ4v) is 3.48. The summed E-state index contributed by atoms with van der Waals surface area (Å²) in [7, 11) is 1.50. The van der Waals surface area contributed by atoms with Crippen LogP contribution in [0.5, 0.6) is 5.75 Å². The lowest BCUT2D eigenvalue weighted by Gasteiger charge is -2.18. The number of para-hydroxylation sites is 2. The van der Waals surface area contributed by atoms with Gasteiger partial charge in [-0.05, 0) is 29.1 Å². The number of aromatic nitrogens is 1. The summed E-state index contributed by atoms with van der Waals surface area (Å²) in [6.07, 6.45) is 0. The number of nitro groups is 1. The second kappa shape index (κ2) is 7.12. The molecule has 1 heterocycles. The first-order valence-electron chi connectivity index (χ1n) is 8.84. The molecule has 7 nitrogen and oxygen atoms in total. The molecule has 4 rings (SSSR count). The van der Waals surface area contributed by atoms with Gasteiger partial charge in [-0.15, -0.1) is 0 Å². The van der Waals surface area contributed by atoms with Gasteiger partial charge < -0.3 is 10.5 Å². The maximum Gasteiger partial charge on any atom is 0.270 e. The van der Waals surface area contributed by atoms with Crippen LogP contribution >= 0.6 is 0 Å². The van der Waals surface area contributed by atoms with Crippen LogP contribution in [0.2, 0.25) is 0 Å². The molecule has 0 saturated carbocycles. The summed E-state index contributed by atoms with van der Waals surface area (Å²) in [5.41, 5.74) is 7.78.